The lowest BCUT2D eigenvalue weighted by molar-refractivity contribution is -0.456. The number of aliphatic carboxylic acids is 3. The van der Waals surface area contributed by atoms with Crippen molar-refractivity contribution in [3.05, 3.63) is 71.0 Å². The molecule has 3 heterocycles. The van der Waals surface area contributed by atoms with E-state index in [1.54, 1.807) is 0 Å². The van der Waals surface area contributed by atoms with Gasteiger partial charge in [0.1, 0.15) is 42.8 Å². The number of aliphatic hydroxyl groups excluding tert-OH is 3. The molecule has 0 bridgehead atoms. The highest BCUT2D eigenvalue weighted by Crippen LogP contribution is 2.41. The third-order valence-corrected chi connectivity index (χ3v) is 8.47. The van der Waals surface area contributed by atoms with Crippen LogP contribution in [-0.2, 0) is 35.1 Å². The molecule has 5 rings (SSSR count). The summed E-state index contributed by atoms with van der Waals surface area (Å²) in [6.07, 6.45) is -2.45. The summed E-state index contributed by atoms with van der Waals surface area (Å²) >= 11 is 0. The summed E-state index contributed by atoms with van der Waals surface area (Å²) in [5.41, 5.74) is 0.981. The first-order valence-corrected chi connectivity index (χ1v) is 15.6. The molecule has 0 aromatic heterocycles. The number of fused-ring (bicyclic) bond motifs is 1. The second kappa shape index (κ2) is 15.5. The number of nitrogens with one attached hydrogen (secondary N) is 1. The van der Waals surface area contributed by atoms with Gasteiger partial charge >= 0.3 is 23.9 Å². The van der Waals surface area contributed by atoms with Gasteiger partial charge in [-0.1, -0.05) is 6.07 Å². The van der Waals surface area contributed by atoms with Crippen LogP contribution in [0.5, 0.6) is 23.0 Å². The number of benzene rings is 2. The summed E-state index contributed by atoms with van der Waals surface area (Å²) in [7, 11) is 1.36. The summed E-state index contributed by atoms with van der Waals surface area (Å²) in [4.78, 5) is 47.7. The van der Waals surface area contributed by atoms with Crippen molar-refractivity contribution in [1.29, 1.82) is 0 Å². The highest BCUT2D eigenvalue weighted by molar-refractivity contribution is 5.90. The number of phenols is 2. The van der Waals surface area contributed by atoms with Gasteiger partial charge in [-0.05, 0) is 41.5 Å². The average Bonchev–Trinajstić information content (AvgIpc) is 3.47. The van der Waals surface area contributed by atoms with E-state index in [0.717, 1.165) is 6.08 Å². The molecule has 9 N–H and O–H groups in total. The molecule has 1 saturated heterocycles. The van der Waals surface area contributed by atoms with Gasteiger partial charge in [-0.3, -0.25) is 0 Å². The maximum absolute atomic E-state index is 12.4. The number of ether oxygens (including phenoxy) is 4. The Labute approximate surface area is 294 Å². The molecule has 2 aromatic carbocycles. The Hall–Kier alpha value is -5.95. The van der Waals surface area contributed by atoms with Crippen LogP contribution in [0.25, 0.3) is 6.08 Å². The smallest absolute Gasteiger partial charge is 0.373 e. The van der Waals surface area contributed by atoms with Crippen molar-refractivity contribution in [3.8, 4) is 23.0 Å². The zero-order valence-corrected chi connectivity index (χ0v) is 27.2. The van der Waals surface area contributed by atoms with E-state index < -0.39 is 79.0 Å². The minimum absolute atomic E-state index is 0.0800. The summed E-state index contributed by atoms with van der Waals surface area (Å²) < 4.78 is 22.8. The number of rotatable bonds is 11. The lowest BCUT2D eigenvalue weighted by atomic mass is 9.99. The topological polar surface area (TPSA) is 282 Å². The van der Waals surface area contributed by atoms with Gasteiger partial charge in [0.2, 0.25) is 12.0 Å². The van der Waals surface area contributed by atoms with Gasteiger partial charge < -0.3 is 65.1 Å². The molecule has 1 fully saturated rings. The Morgan fingerprint density at radius 3 is 2.37 bits per heavy atom. The van der Waals surface area contributed by atoms with Gasteiger partial charge in [-0.15, -0.1) is 0 Å². The summed E-state index contributed by atoms with van der Waals surface area (Å²) in [5.74, 6) is -5.54. The maximum atomic E-state index is 12.4. The molecule has 0 unspecified atom stereocenters. The molecule has 18 heteroatoms. The average molecular weight is 728 g/mol. The zero-order chi connectivity index (χ0) is 37.9. The number of nitrogens with zero attached hydrogens (tertiary/aromatic N) is 1. The Bertz CT molecular complexity index is 1880. The van der Waals surface area contributed by atoms with Crippen molar-refractivity contribution >= 4 is 41.9 Å². The summed E-state index contributed by atoms with van der Waals surface area (Å²) in [6, 6.07) is 4.38. The van der Waals surface area contributed by atoms with Crippen LogP contribution in [0.1, 0.15) is 17.5 Å². The predicted molar refractivity (Wildman–Crippen MR) is 174 cm³/mol. The quantitative estimate of drug-likeness (QED) is 0.0810. The van der Waals surface area contributed by atoms with E-state index in [0.29, 0.717) is 11.1 Å². The number of esters is 1. The van der Waals surface area contributed by atoms with Crippen molar-refractivity contribution in [1.82, 2.24) is 5.32 Å². The Balaban J connectivity index is 1.34. The SMILES string of the molecule is COc1cc(/C=C/C(=O)OC[C@H]2O[C@@H](Oc3cc4c(cc3O)C[C@@H](C(=O)O)[N+]4=C/C=C3/C=C(C(=O)O)N[C@@H](C(=O)O)C3)[C@H](O)[C@H](O)[C@@H]2O)ccc1O. The van der Waals surface area contributed by atoms with Gasteiger partial charge in [0.05, 0.1) is 19.6 Å². The first-order chi connectivity index (χ1) is 24.7. The van der Waals surface area contributed by atoms with E-state index in [-0.39, 0.29) is 47.0 Å². The fourth-order valence-electron chi connectivity index (χ4n) is 5.74. The number of methoxy groups -OCH3 is 1. The number of aromatic hydroxyl groups is 2. The fraction of sp³-hybridized carbons (Fsp3) is 0.324. The van der Waals surface area contributed by atoms with Crippen LogP contribution in [0.4, 0.5) is 5.69 Å². The molecule has 0 radical (unpaired) electrons. The second-order valence-corrected chi connectivity index (χ2v) is 11.9. The number of carbonyl (C=O) groups excluding carboxylic acids is 1. The zero-order valence-electron chi connectivity index (χ0n) is 27.2. The van der Waals surface area contributed by atoms with Gasteiger partial charge in [0.25, 0.3) is 6.04 Å². The molecule has 0 aliphatic carbocycles. The molecule has 3 aliphatic rings. The van der Waals surface area contributed by atoms with Crippen LogP contribution in [-0.4, -0.2) is 132 Å². The number of carboxylic acids is 3. The van der Waals surface area contributed by atoms with E-state index in [2.05, 4.69) is 5.32 Å². The normalized spacial score (nSPS) is 27.1. The van der Waals surface area contributed by atoms with Crippen molar-refractivity contribution < 1.29 is 83.6 Å². The van der Waals surface area contributed by atoms with Gasteiger partial charge in [0, 0.05) is 24.1 Å². The molecule has 3 aliphatic heterocycles. The van der Waals surface area contributed by atoms with E-state index in [9.17, 15) is 60.0 Å². The van der Waals surface area contributed by atoms with Crippen molar-refractivity contribution in [3.63, 3.8) is 0 Å². The highest BCUT2D eigenvalue weighted by atomic mass is 16.7. The molecule has 18 nitrogen and oxygen atoms in total. The molecule has 0 spiro atoms. The summed E-state index contributed by atoms with van der Waals surface area (Å²) in [5, 5.41) is 83.4. The third kappa shape index (κ3) is 8.16. The van der Waals surface area contributed by atoms with E-state index in [4.69, 9.17) is 18.9 Å². The fourth-order valence-corrected chi connectivity index (χ4v) is 5.74. The van der Waals surface area contributed by atoms with Crippen molar-refractivity contribution in [2.24, 2.45) is 0 Å². The first-order valence-electron chi connectivity index (χ1n) is 15.6. The highest BCUT2D eigenvalue weighted by Gasteiger charge is 2.46. The Kier molecular flexibility index (Phi) is 11.1. The van der Waals surface area contributed by atoms with Crippen molar-refractivity contribution in [2.75, 3.05) is 13.7 Å². The van der Waals surface area contributed by atoms with Crippen LogP contribution in [0.2, 0.25) is 0 Å². The van der Waals surface area contributed by atoms with Crippen LogP contribution in [0.3, 0.4) is 0 Å². The van der Waals surface area contributed by atoms with Gasteiger partial charge in [-0.25, -0.2) is 19.2 Å². The molecule has 0 saturated carbocycles. The molecule has 276 valence electrons. The number of carbonyl (C=O) groups is 4. The number of hydrogen-bond acceptors (Lipinski definition) is 14. The number of aliphatic hydroxyl groups is 3. The lowest BCUT2D eigenvalue weighted by Gasteiger charge is -2.39. The summed E-state index contributed by atoms with van der Waals surface area (Å²) in [6.45, 7) is -0.600. The van der Waals surface area contributed by atoms with Crippen LogP contribution in [0, 0.1) is 0 Å². The van der Waals surface area contributed by atoms with Crippen LogP contribution < -0.4 is 14.8 Å². The molecule has 0 amide bonds. The number of allylic oxidation sites excluding steroid dienone is 2. The van der Waals surface area contributed by atoms with E-state index in [1.807, 2.05) is 0 Å². The molecule has 2 aromatic rings. The first kappa shape index (κ1) is 37.3. The van der Waals surface area contributed by atoms with Crippen LogP contribution in [0.15, 0.2) is 59.8 Å². The van der Waals surface area contributed by atoms with Gasteiger partial charge in [-0.2, -0.15) is 4.58 Å². The molecule has 7 atom stereocenters. The minimum Gasteiger partial charge on any atom is -0.504 e. The molecule has 52 heavy (non-hydrogen) atoms. The standard InChI is InChI=1S/C34H34N2O16/c1-49-24-10-15(2-4-22(24)37)3-5-27(39)50-14-26-28(40)29(41)30(42)34(52-26)51-25-13-20-17(12-23(25)38)11-21(33(47)48)36(20)7-6-16-8-18(31(43)44)35-19(9-16)32(45)46/h2-8,10,12-13,19,21,26,28-30,34,40-42H,9,11,14H2,1H3,(H5,37,38,39,43,44,45,46,47,48)/p+1/t19-,21+,26-,28-,29-,30-,34-/m1/s1. The number of carboxylic acid groups (broad SMARTS) is 3. The monoisotopic (exact) mass is 727 g/mol. The molecular weight excluding hydrogens is 692 g/mol. The van der Waals surface area contributed by atoms with Gasteiger partial charge in [0.15, 0.2) is 29.2 Å². The Morgan fingerprint density at radius 2 is 1.69 bits per heavy atom. The number of hydrogen-bond donors (Lipinski definition) is 9. The Morgan fingerprint density at radius 1 is 0.942 bits per heavy atom. The largest absolute Gasteiger partial charge is 0.504 e. The number of phenolic OH excluding ortho intramolecular Hbond substituents is 2. The van der Waals surface area contributed by atoms with Crippen LogP contribution >= 0.6 is 0 Å². The van der Waals surface area contributed by atoms with E-state index in [1.165, 1.54) is 66.5 Å². The minimum atomic E-state index is -1.87. The van der Waals surface area contributed by atoms with E-state index >= 15 is 0 Å². The van der Waals surface area contributed by atoms with Crippen molar-refractivity contribution in [2.45, 2.75) is 55.6 Å². The second-order valence-electron chi connectivity index (χ2n) is 11.9. The molecular formula is C34H35N2O16+. The predicted octanol–water partition coefficient (Wildman–Crippen LogP) is -0.385. The lowest BCUT2D eigenvalue weighted by Crippen LogP contribution is -2.60. The third-order valence-electron chi connectivity index (χ3n) is 8.47. The maximum Gasteiger partial charge on any atom is 0.373 e.